The van der Waals surface area contributed by atoms with Gasteiger partial charge in [-0.1, -0.05) is 11.8 Å². The van der Waals surface area contributed by atoms with E-state index in [4.69, 9.17) is 10.5 Å². The lowest BCUT2D eigenvalue weighted by Gasteiger charge is -2.34. The molecule has 2 aliphatic rings. The third kappa shape index (κ3) is 3.94. The highest BCUT2D eigenvalue weighted by Crippen LogP contribution is 2.45. The Morgan fingerprint density at radius 3 is 2.93 bits per heavy atom. The molecule has 7 nitrogen and oxygen atoms in total. The molecule has 0 aliphatic carbocycles. The van der Waals surface area contributed by atoms with Gasteiger partial charge in [-0.05, 0) is 30.3 Å². The van der Waals surface area contributed by atoms with Crippen molar-refractivity contribution in [2.24, 2.45) is 16.6 Å². The van der Waals surface area contributed by atoms with Crippen molar-refractivity contribution in [3.05, 3.63) is 53.6 Å². The molecule has 0 saturated carbocycles. The third-order valence-corrected chi connectivity index (χ3v) is 5.90. The SMILES string of the molecule is NC1=N[C@@]2(c3cc(NC(=O)c4ccc(OC(F)F)cn4)ccc3F)COCC2CS1. The van der Waals surface area contributed by atoms with Gasteiger partial charge >= 0.3 is 6.61 Å². The predicted octanol–water partition coefficient (Wildman–Crippen LogP) is 2.98. The summed E-state index contributed by atoms with van der Waals surface area (Å²) < 4.78 is 49.0. The van der Waals surface area contributed by atoms with Crippen molar-refractivity contribution in [1.29, 1.82) is 0 Å². The average Bonchev–Trinajstić information content (AvgIpc) is 3.13. The molecule has 11 heteroatoms. The number of benzene rings is 1. The van der Waals surface area contributed by atoms with Crippen LogP contribution in [0.5, 0.6) is 5.75 Å². The normalized spacial score (nSPS) is 23.1. The zero-order valence-electron chi connectivity index (χ0n) is 15.5. The Kier molecular flexibility index (Phi) is 5.56. The number of nitrogens with one attached hydrogen (secondary N) is 1. The van der Waals surface area contributed by atoms with Gasteiger partial charge in [-0.3, -0.25) is 4.79 Å². The van der Waals surface area contributed by atoms with Gasteiger partial charge in [-0.25, -0.2) is 14.4 Å². The molecule has 1 amide bonds. The van der Waals surface area contributed by atoms with E-state index < -0.39 is 23.9 Å². The minimum Gasteiger partial charge on any atom is -0.433 e. The van der Waals surface area contributed by atoms with Gasteiger partial charge in [0.05, 0.1) is 19.4 Å². The van der Waals surface area contributed by atoms with Crippen LogP contribution in [0.25, 0.3) is 0 Å². The van der Waals surface area contributed by atoms with Crippen LogP contribution in [0, 0.1) is 11.7 Å². The number of anilines is 1. The number of nitrogens with two attached hydrogens (primary N) is 1. The van der Waals surface area contributed by atoms with Gasteiger partial charge in [0.15, 0.2) is 5.17 Å². The lowest BCUT2D eigenvalue weighted by molar-refractivity contribution is -0.0500. The van der Waals surface area contributed by atoms with Crippen molar-refractivity contribution >= 4 is 28.5 Å². The predicted molar refractivity (Wildman–Crippen MR) is 105 cm³/mol. The van der Waals surface area contributed by atoms with Crippen LogP contribution in [0.15, 0.2) is 41.5 Å². The van der Waals surface area contributed by atoms with E-state index in [1.165, 1.54) is 42.1 Å². The molecule has 1 fully saturated rings. The van der Waals surface area contributed by atoms with Crippen LogP contribution in [-0.2, 0) is 10.3 Å². The first-order chi connectivity index (χ1) is 14.4. The first kappa shape index (κ1) is 20.5. The van der Waals surface area contributed by atoms with E-state index in [0.717, 1.165) is 6.20 Å². The number of fused-ring (bicyclic) bond motifs is 1. The van der Waals surface area contributed by atoms with Crippen molar-refractivity contribution in [2.45, 2.75) is 12.2 Å². The fourth-order valence-electron chi connectivity index (χ4n) is 3.51. The molecule has 3 heterocycles. The quantitative estimate of drug-likeness (QED) is 0.745. The maximum Gasteiger partial charge on any atom is 0.387 e. The van der Waals surface area contributed by atoms with Gasteiger partial charge in [0, 0.05) is 22.9 Å². The van der Waals surface area contributed by atoms with Crippen molar-refractivity contribution < 1.29 is 27.4 Å². The third-order valence-electron chi connectivity index (χ3n) is 4.94. The van der Waals surface area contributed by atoms with E-state index in [9.17, 15) is 18.0 Å². The number of carbonyl (C=O) groups excluding carboxylic acids is 1. The number of aromatic nitrogens is 1. The smallest absolute Gasteiger partial charge is 0.387 e. The maximum atomic E-state index is 14.8. The Morgan fingerprint density at radius 2 is 2.20 bits per heavy atom. The average molecular weight is 438 g/mol. The van der Waals surface area contributed by atoms with Crippen molar-refractivity contribution in [3.8, 4) is 5.75 Å². The number of amidine groups is 1. The van der Waals surface area contributed by atoms with Gasteiger partial charge in [0.25, 0.3) is 5.91 Å². The van der Waals surface area contributed by atoms with Crippen LogP contribution < -0.4 is 15.8 Å². The van der Waals surface area contributed by atoms with Crippen molar-refractivity contribution in [2.75, 3.05) is 24.3 Å². The number of rotatable bonds is 5. The summed E-state index contributed by atoms with van der Waals surface area (Å²) in [6.07, 6.45) is 1.02. The van der Waals surface area contributed by atoms with Gasteiger partial charge in [0.2, 0.25) is 0 Å². The summed E-state index contributed by atoms with van der Waals surface area (Å²) in [5.74, 6) is -0.613. The molecule has 2 aliphatic heterocycles. The Labute approximate surface area is 173 Å². The molecule has 1 unspecified atom stereocenters. The summed E-state index contributed by atoms with van der Waals surface area (Å²) in [6, 6.07) is 6.63. The molecular formula is C19H17F3N4O3S. The molecule has 158 valence electrons. The zero-order chi connectivity index (χ0) is 21.3. The summed E-state index contributed by atoms with van der Waals surface area (Å²) in [7, 11) is 0. The van der Waals surface area contributed by atoms with Crippen LogP contribution in [0.1, 0.15) is 16.1 Å². The lowest BCUT2D eigenvalue weighted by atomic mass is 9.81. The van der Waals surface area contributed by atoms with E-state index in [2.05, 4.69) is 20.0 Å². The van der Waals surface area contributed by atoms with Crippen LogP contribution in [0.4, 0.5) is 18.9 Å². The Morgan fingerprint density at radius 1 is 1.37 bits per heavy atom. The van der Waals surface area contributed by atoms with Gasteiger partial charge in [-0.2, -0.15) is 8.78 Å². The van der Waals surface area contributed by atoms with Crippen LogP contribution in [0.3, 0.4) is 0 Å². The second-order valence-electron chi connectivity index (χ2n) is 6.80. The summed E-state index contributed by atoms with van der Waals surface area (Å²) >= 11 is 1.40. The number of amides is 1. The maximum absolute atomic E-state index is 14.8. The first-order valence-electron chi connectivity index (χ1n) is 8.95. The number of pyridine rings is 1. The molecule has 1 aromatic heterocycles. The van der Waals surface area contributed by atoms with Crippen LogP contribution in [0.2, 0.25) is 0 Å². The minimum absolute atomic E-state index is 0.0148. The van der Waals surface area contributed by atoms with Gasteiger partial charge in [-0.15, -0.1) is 0 Å². The van der Waals surface area contributed by atoms with E-state index in [1.807, 2.05) is 0 Å². The van der Waals surface area contributed by atoms with Gasteiger partial charge in [0.1, 0.15) is 22.8 Å². The molecule has 3 N–H and O–H groups in total. The van der Waals surface area contributed by atoms with Crippen LogP contribution in [-0.4, -0.2) is 41.6 Å². The number of hydrogen-bond acceptors (Lipinski definition) is 7. The molecule has 2 aromatic rings. The Balaban J connectivity index is 1.58. The lowest BCUT2D eigenvalue weighted by Crippen LogP contribution is -2.40. The topological polar surface area (TPSA) is 98.8 Å². The Bertz CT molecular complexity index is 989. The molecule has 1 saturated heterocycles. The standard InChI is InChI=1S/C19H17F3N4O3S/c20-14-3-1-11(25-16(27)15-4-2-12(6-24-15)29-17(21)22)5-13(14)19-9-28-7-10(19)8-30-18(23)26-19/h1-6,10,17H,7-9H2,(H2,23,26)(H,25,27)/t10?,19-/m0/s1. The molecule has 4 rings (SSSR count). The van der Waals surface area contributed by atoms with E-state index in [-0.39, 0.29) is 24.0 Å². The molecular weight excluding hydrogens is 421 g/mol. The monoisotopic (exact) mass is 438 g/mol. The van der Waals surface area contributed by atoms with E-state index in [1.54, 1.807) is 0 Å². The number of carbonyl (C=O) groups is 1. The number of ether oxygens (including phenoxy) is 2. The van der Waals surface area contributed by atoms with E-state index >= 15 is 0 Å². The molecule has 30 heavy (non-hydrogen) atoms. The molecule has 1 aromatic carbocycles. The zero-order valence-corrected chi connectivity index (χ0v) is 16.3. The molecule has 0 radical (unpaired) electrons. The van der Waals surface area contributed by atoms with Gasteiger partial charge < -0.3 is 20.5 Å². The summed E-state index contributed by atoms with van der Waals surface area (Å²) in [5, 5.41) is 2.99. The number of aliphatic imine (C=N–C) groups is 1. The fraction of sp³-hybridized carbons (Fsp3) is 0.316. The molecule has 0 bridgehead atoms. The summed E-state index contributed by atoms with van der Waals surface area (Å²) in [5.41, 5.74) is 5.57. The number of hydrogen-bond donors (Lipinski definition) is 2. The minimum atomic E-state index is -2.98. The highest BCUT2D eigenvalue weighted by atomic mass is 32.2. The first-order valence-corrected chi connectivity index (χ1v) is 9.94. The number of halogens is 3. The number of nitrogens with zero attached hydrogens (tertiary/aromatic N) is 2. The van der Waals surface area contributed by atoms with Crippen LogP contribution >= 0.6 is 11.8 Å². The highest BCUT2D eigenvalue weighted by molar-refractivity contribution is 8.13. The second-order valence-corrected chi connectivity index (χ2v) is 7.84. The second kappa shape index (κ2) is 8.15. The van der Waals surface area contributed by atoms with Crippen molar-refractivity contribution in [1.82, 2.24) is 4.98 Å². The fourth-order valence-corrected chi connectivity index (χ4v) is 4.48. The number of thioether (sulfide) groups is 1. The van der Waals surface area contributed by atoms with E-state index in [0.29, 0.717) is 28.8 Å². The highest BCUT2D eigenvalue weighted by Gasteiger charge is 2.49. The Hall–Kier alpha value is -2.79. The summed E-state index contributed by atoms with van der Waals surface area (Å²) in [4.78, 5) is 20.8. The van der Waals surface area contributed by atoms with Crippen molar-refractivity contribution in [3.63, 3.8) is 0 Å². The summed E-state index contributed by atoms with van der Waals surface area (Å²) in [6.45, 7) is -2.35. The largest absolute Gasteiger partial charge is 0.433 e. The molecule has 2 atom stereocenters. The number of alkyl halides is 2. The molecule has 0 spiro atoms.